The standard InChI is InChI=1S/C8H12BrNS/c1-3-4-8-10-6(2)7(5-9)11-8/h3-5H2,1-2H3. The minimum atomic E-state index is 0.945. The number of rotatable bonds is 3. The highest BCUT2D eigenvalue weighted by Gasteiger charge is 2.04. The van der Waals surface area contributed by atoms with E-state index in [-0.39, 0.29) is 0 Å². The second-order valence-corrected chi connectivity index (χ2v) is 4.23. The lowest BCUT2D eigenvalue weighted by Gasteiger charge is -1.85. The van der Waals surface area contributed by atoms with Crippen molar-refractivity contribution in [2.75, 3.05) is 0 Å². The topological polar surface area (TPSA) is 12.9 Å². The molecule has 1 heterocycles. The molecule has 1 aromatic heterocycles. The zero-order chi connectivity index (χ0) is 8.27. The molecule has 0 unspecified atom stereocenters. The van der Waals surface area contributed by atoms with Gasteiger partial charge in [0, 0.05) is 10.2 Å². The molecule has 0 aromatic carbocycles. The molecule has 0 aliphatic heterocycles. The van der Waals surface area contributed by atoms with Crippen LogP contribution in [-0.2, 0) is 11.8 Å². The van der Waals surface area contributed by atoms with Crippen LogP contribution in [0.15, 0.2) is 0 Å². The van der Waals surface area contributed by atoms with E-state index in [2.05, 4.69) is 34.8 Å². The third-order valence-electron chi connectivity index (χ3n) is 1.52. The Labute approximate surface area is 80.0 Å². The van der Waals surface area contributed by atoms with Crippen LogP contribution >= 0.6 is 27.3 Å². The van der Waals surface area contributed by atoms with Gasteiger partial charge in [-0.05, 0) is 19.8 Å². The third-order valence-corrected chi connectivity index (χ3v) is 3.67. The van der Waals surface area contributed by atoms with Crippen molar-refractivity contribution in [2.45, 2.75) is 32.0 Å². The van der Waals surface area contributed by atoms with Gasteiger partial charge in [-0.15, -0.1) is 11.3 Å². The van der Waals surface area contributed by atoms with Crippen LogP contribution in [0.3, 0.4) is 0 Å². The van der Waals surface area contributed by atoms with Gasteiger partial charge in [0.25, 0.3) is 0 Å². The maximum absolute atomic E-state index is 4.46. The number of hydrogen-bond acceptors (Lipinski definition) is 2. The van der Waals surface area contributed by atoms with Crippen LogP contribution in [0.1, 0.15) is 28.9 Å². The van der Waals surface area contributed by atoms with E-state index < -0.39 is 0 Å². The molecule has 62 valence electrons. The average Bonchev–Trinajstić information content (AvgIpc) is 2.32. The van der Waals surface area contributed by atoms with Crippen molar-refractivity contribution in [3.8, 4) is 0 Å². The second kappa shape index (κ2) is 4.21. The normalized spacial score (nSPS) is 10.5. The summed E-state index contributed by atoms with van der Waals surface area (Å²) in [5.41, 5.74) is 1.19. The Morgan fingerprint density at radius 3 is 2.73 bits per heavy atom. The molecule has 0 fully saturated rings. The van der Waals surface area contributed by atoms with Crippen molar-refractivity contribution in [1.82, 2.24) is 4.98 Å². The van der Waals surface area contributed by atoms with Crippen molar-refractivity contribution in [3.63, 3.8) is 0 Å². The summed E-state index contributed by atoms with van der Waals surface area (Å²) in [6.07, 6.45) is 2.31. The summed E-state index contributed by atoms with van der Waals surface area (Å²) in [4.78, 5) is 5.83. The molecule has 0 amide bonds. The van der Waals surface area contributed by atoms with E-state index in [1.54, 1.807) is 0 Å². The first-order valence-electron chi connectivity index (χ1n) is 3.79. The lowest BCUT2D eigenvalue weighted by Crippen LogP contribution is -1.80. The summed E-state index contributed by atoms with van der Waals surface area (Å²) < 4.78 is 0. The van der Waals surface area contributed by atoms with E-state index in [1.165, 1.54) is 22.0 Å². The van der Waals surface area contributed by atoms with Gasteiger partial charge >= 0.3 is 0 Å². The second-order valence-electron chi connectivity index (χ2n) is 2.50. The van der Waals surface area contributed by atoms with Crippen LogP contribution in [0.5, 0.6) is 0 Å². The highest BCUT2D eigenvalue weighted by atomic mass is 79.9. The van der Waals surface area contributed by atoms with Gasteiger partial charge in [-0.25, -0.2) is 4.98 Å². The fourth-order valence-corrected chi connectivity index (χ4v) is 2.70. The van der Waals surface area contributed by atoms with Gasteiger partial charge in [0.2, 0.25) is 0 Å². The Morgan fingerprint density at radius 2 is 2.27 bits per heavy atom. The number of thiazole rings is 1. The van der Waals surface area contributed by atoms with Crippen LogP contribution < -0.4 is 0 Å². The van der Waals surface area contributed by atoms with Crippen molar-refractivity contribution in [2.24, 2.45) is 0 Å². The van der Waals surface area contributed by atoms with Crippen LogP contribution in [0.25, 0.3) is 0 Å². The highest BCUT2D eigenvalue weighted by molar-refractivity contribution is 9.08. The molecule has 0 saturated heterocycles. The molecule has 1 rings (SSSR count). The Kier molecular flexibility index (Phi) is 3.52. The molecule has 0 aliphatic carbocycles. The van der Waals surface area contributed by atoms with E-state index in [4.69, 9.17) is 0 Å². The smallest absolute Gasteiger partial charge is 0.0931 e. The average molecular weight is 234 g/mol. The van der Waals surface area contributed by atoms with Crippen molar-refractivity contribution >= 4 is 27.3 Å². The SMILES string of the molecule is CCCc1nc(C)c(CBr)s1. The molecule has 0 radical (unpaired) electrons. The zero-order valence-corrected chi connectivity index (χ0v) is 9.26. The first-order valence-corrected chi connectivity index (χ1v) is 5.72. The number of aryl methyl sites for hydroxylation is 2. The Bertz CT molecular complexity index is 232. The Balaban J connectivity index is 2.77. The van der Waals surface area contributed by atoms with Gasteiger partial charge in [0.1, 0.15) is 0 Å². The molecule has 1 aromatic rings. The molecular weight excluding hydrogens is 222 g/mol. The van der Waals surface area contributed by atoms with Gasteiger partial charge in [-0.1, -0.05) is 22.9 Å². The predicted molar refractivity (Wildman–Crippen MR) is 53.5 cm³/mol. The molecule has 0 spiro atoms. The van der Waals surface area contributed by atoms with Crippen LogP contribution in [0, 0.1) is 6.92 Å². The number of alkyl halides is 1. The zero-order valence-electron chi connectivity index (χ0n) is 6.85. The summed E-state index contributed by atoms with van der Waals surface area (Å²) in [6, 6.07) is 0. The van der Waals surface area contributed by atoms with Gasteiger partial charge < -0.3 is 0 Å². The number of halogens is 1. The fourth-order valence-electron chi connectivity index (χ4n) is 0.933. The summed E-state index contributed by atoms with van der Waals surface area (Å²) in [6.45, 7) is 4.26. The number of nitrogens with zero attached hydrogens (tertiary/aromatic N) is 1. The first kappa shape index (κ1) is 9.20. The fraction of sp³-hybridized carbons (Fsp3) is 0.625. The van der Waals surface area contributed by atoms with Crippen LogP contribution in [-0.4, -0.2) is 4.98 Å². The van der Waals surface area contributed by atoms with Gasteiger partial charge in [-0.3, -0.25) is 0 Å². The highest BCUT2D eigenvalue weighted by Crippen LogP contribution is 2.21. The van der Waals surface area contributed by atoms with Crippen molar-refractivity contribution in [1.29, 1.82) is 0 Å². The quantitative estimate of drug-likeness (QED) is 0.731. The minimum Gasteiger partial charge on any atom is -0.246 e. The molecule has 0 saturated carbocycles. The molecule has 0 N–H and O–H groups in total. The number of hydrogen-bond donors (Lipinski definition) is 0. The minimum absolute atomic E-state index is 0.945. The van der Waals surface area contributed by atoms with Crippen LogP contribution in [0.4, 0.5) is 0 Å². The molecule has 0 aliphatic rings. The monoisotopic (exact) mass is 233 g/mol. The molecule has 0 bridgehead atoms. The maximum atomic E-state index is 4.46. The lowest BCUT2D eigenvalue weighted by molar-refractivity contribution is 0.902. The van der Waals surface area contributed by atoms with E-state index in [0.717, 1.165) is 11.8 Å². The van der Waals surface area contributed by atoms with E-state index in [0.29, 0.717) is 0 Å². The van der Waals surface area contributed by atoms with Crippen LogP contribution in [0.2, 0.25) is 0 Å². The Morgan fingerprint density at radius 1 is 1.55 bits per heavy atom. The molecule has 1 nitrogen and oxygen atoms in total. The van der Waals surface area contributed by atoms with Gasteiger partial charge in [0.05, 0.1) is 10.7 Å². The lowest BCUT2D eigenvalue weighted by atomic mass is 10.3. The largest absolute Gasteiger partial charge is 0.246 e. The maximum Gasteiger partial charge on any atom is 0.0931 e. The van der Waals surface area contributed by atoms with Crippen molar-refractivity contribution in [3.05, 3.63) is 15.6 Å². The van der Waals surface area contributed by atoms with Crippen molar-refractivity contribution < 1.29 is 0 Å². The third kappa shape index (κ3) is 2.27. The van der Waals surface area contributed by atoms with Gasteiger partial charge in [-0.2, -0.15) is 0 Å². The molecule has 3 heteroatoms. The summed E-state index contributed by atoms with van der Waals surface area (Å²) in [5, 5.41) is 2.22. The summed E-state index contributed by atoms with van der Waals surface area (Å²) in [7, 11) is 0. The van der Waals surface area contributed by atoms with Gasteiger partial charge in [0.15, 0.2) is 0 Å². The van der Waals surface area contributed by atoms with E-state index in [1.807, 2.05) is 11.3 Å². The number of aromatic nitrogens is 1. The molecule has 0 atom stereocenters. The summed E-state index contributed by atoms with van der Waals surface area (Å²) >= 11 is 5.27. The van der Waals surface area contributed by atoms with E-state index in [9.17, 15) is 0 Å². The molecular formula is C8H12BrNS. The van der Waals surface area contributed by atoms with E-state index >= 15 is 0 Å². The predicted octanol–water partition coefficient (Wildman–Crippen LogP) is 3.30. The summed E-state index contributed by atoms with van der Waals surface area (Å²) in [5.74, 6) is 0. The molecule has 11 heavy (non-hydrogen) atoms. The first-order chi connectivity index (χ1) is 5.27. The Hall–Kier alpha value is 0.110.